The van der Waals surface area contributed by atoms with Gasteiger partial charge in [-0.3, -0.25) is 0 Å². The first-order valence-corrected chi connectivity index (χ1v) is 9.01. The molecule has 3 rings (SSSR count). The summed E-state index contributed by atoms with van der Waals surface area (Å²) >= 11 is 0. The second kappa shape index (κ2) is 5.94. The van der Waals surface area contributed by atoms with Crippen LogP contribution >= 0.6 is 0 Å². The normalized spacial score (nSPS) is 20.8. The van der Waals surface area contributed by atoms with Crippen LogP contribution in [0.5, 0.6) is 0 Å². The maximum absolute atomic E-state index is 12.5. The van der Waals surface area contributed by atoms with Crippen LogP contribution in [0.3, 0.4) is 0 Å². The van der Waals surface area contributed by atoms with Crippen molar-refractivity contribution in [2.24, 2.45) is 5.92 Å². The van der Waals surface area contributed by atoms with E-state index in [9.17, 15) is 8.42 Å². The maximum atomic E-state index is 12.5. The zero-order valence-corrected chi connectivity index (χ0v) is 13.1. The summed E-state index contributed by atoms with van der Waals surface area (Å²) in [4.78, 5) is 0.342. The highest BCUT2D eigenvalue weighted by atomic mass is 32.2. The lowest BCUT2D eigenvalue weighted by Crippen LogP contribution is -2.40. The predicted molar refractivity (Wildman–Crippen MR) is 82.0 cm³/mol. The fraction of sp³-hybridized carbons (Fsp3) is 0.600. The topological polar surface area (TPSA) is 67.4 Å². The third-order valence-corrected chi connectivity index (χ3v) is 5.97. The molecule has 2 aliphatic rings. The van der Waals surface area contributed by atoms with Crippen molar-refractivity contribution in [3.8, 4) is 0 Å². The van der Waals surface area contributed by atoms with Crippen molar-refractivity contribution < 1.29 is 13.2 Å². The lowest BCUT2D eigenvalue weighted by atomic mass is 9.94. The molecule has 0 aromatic heterocycles. The average Bonchev–Trinajstić information content (AvgIpc) is 2.95. The summed E-state index contributed by atoms with van der Waals surface area (Å²) in [6, 6.07) is 5.27. The van der Waals surface area contributed by atoms with Crippen LogP contribution < -0.4 is 10.0 Å². The minimum atomic E-state index is -3.46. The minimum absolute atomic E-state index is 0.0693. The summed E-state index contributed by atoms with van der Waals surface area (Å²) in [7, 11) is -3.46. The zero-order chi connectivity index (χ0) is 14.9. The van der Waals surface area contributed by atoms with Crippen LogP contribution in [0.1, 0.15) is 25.3 Å². The Kier molecular flexibility index (Phi) is 4.19. The molecule has 2 N–H and O–H groups in total. The fourth-order valence-corrected chi connectivity index (χ4v) is 4.40. The molecule has 116 valence electrons. The average molecular weight is 310 g/mol. The SMILES string of the molecule is CC(NS(=O)(=O)c1ccc2c(c1)NCC2)C1CCOCC1. The quantitative estimate of drug-likeness (QED) is 0.889. The van der Waals surface area contributed by atoms with Crippen molar-refractivity contribution in [2.45, 2.75) is 37.1 Å². The molecule has 1 saturated heterocycles. The smallest absolute Gasteiger partial charge is 0.240 e. The zero-order valence-electron chi connectivity index (χ0n) is 12.3. The minimum Gasteiger partial charge on any atom is -0.384 e. The van der Waals surface area contributed by atoms with Crippen LogP contribution in [0.4, 0.5) is 5.69 Å². The molecule has 2 aliphatic heterocycles. The number of hydrogen-bond donors (Lipinski definition) is 2. The third kappa shape index (κ3) is 3.22. The highest BCUT2D eigenvalue weighted by molar-refractivity contribution is 7.89. The van der Waals surface area contributed by atoms with Crippen molar-refractivity contribution in [3.63, 3.8) is 0 Å². The Hall–Kier alpha value is -1.11. The molecule has 0 saturated carbocycles. The van der Waals surface area contributed by atoms with E-state index in [1.165, 1.54) is 5.56 Å². The molecule has 1 atom stereocenters. The molecule has 0 aliphatic carbocycles. The molecule has 1 aromatic carbocycles. The first-order valence-electron chi connectivity index (χ1n) is 7.53. The Labute approximate surface area is 126 Å². The van der Waals surface area contributed by atoms with Crippen LogP contribution in [-0.2, 0) is 21.2 Å². The molecule has 0 bridgehead atoms. The molecule has 1 unspecified atom stereocenters. The van der Waals surface area contributed by atoms with Gasteiger partial charge in [-0.15, -0.1) is 0 Å². The van der Waals surface area contributed by atoms with Gasteiger partial charge in [-0.05, 0) is 49.8 Å². The van der Waals surface area contributed by atoms with Gasteiger partial charge in [-0.25, -0.2) is 13.1 Å². The summed E-state index contributed by atoms with van der Waals surface area (Å²) in [6.07, 6.45) is 2.78. The number of anilines is 1. The second-order valence-electron chi connectivity index (χ2n) is 5.86. The van der Waals surface area contributed by atoms with Crippen molar-refractivity contribution in [3.05, 3.63) is 23.8 Å². The molecule has 5 nitrogen and oxygen atoms in total. The van der Waals surface area contributed by atoms with E-state index in [4.69, 9.17) is 4.74 Å². The predicted octanol–water partition coefficient (Wildman–Crippen LogP) is 1.75. The van der Waals surface area contributed by atoms with E-state index < -0.39 is 10.0 Å². The molecule has 21 heavy (non-hydrogen) atoms. The Morgan fingerprint density at radius 3 is 2.86 bits per heavy atom. The standard InChI is InChI=1S/C15H22N2O3S/c1-11(12-5-8-20-9-6-12)17-21(18,19)14-3-2-13-4-7-16-15(13)10-14/h2-3,10-12,16-17H,4-9H2,1H3. The van der Waals surface area contributed by atoms with Crippen LogP contribution in [-0.4, -0.2) is 34.2 Å². The number of nitrogens with one attached hydrogen (secondary N) is 2. The number of ether oxygens (including phenoxy) is 1. The van der Waals surface area contributed by atoms with Gasteiger partial charge in [0.2, 0.25) is 10.0 Å². The Morgan fingerprint density at radius 1 is 1.33 bits per heavy atom. The summed E-state index contributed by atoms with van der Waals surface area (Å²) in [5, 5.41) is 3.22. The van der Waals surface area contributed by atoms with Gasteiger partial charge in [0.05, 0.1) is 4.90 Å². The lowest BCUT2D eigenvalue weighted by Gasteiger charge is -2.28. The molecule has 0 spiro atoms. The first-order chi connectivity index (χ1) is 10.1. The molecule has 1 fully saturated rings. The second-order valence-corrected chi connectivity index (χ2v) is 7.57. The molecule has 2 heterocycles. The molecule has 0 radical (unpaired) electrons. The highest BCUT2D eigenvalue weighted by Crippen LogP contribution is 2.26. The van der Waals surface area contributed by atoms with E-state index in [0.717, 1.165) is 44.7 Å². The lowest BCUT2D eigenvalue weighted by molar-refractivity contribution is 0.0585. The molecular weight excluding hydrogens is 288 g/mol. The van der Waals surface area contributed by atoms with E-state index in [1.807, 2.05) is 13.0 Å². The van der Waals surface area contributed by atoms with Crippen molar-refractivity contribution in [1.29, 1.82) is 0 Å². The van der Waals surface area contributed by atoms with Gasteiger partial charge in [0.25, 0.3) is 0 Å². The fourth-order valence-electron chi connectivity index (χ4n) is 3.06. The van der Waals surface area contributed by atoms with Gasteiger partial charge in [0.1, 0.15) is 0 Å². The van der Waals surface area contributed by atoms with Gasteiger partial charge >= 0.3 is 0 Å². The van der Waals surface area contributed by atoms with Gasteiger partial charge in [0, 0.05) is 31.5 Å². The number of sulfonamides is 1. The van der Waals surface area contributed by atoms with Gasteiger partial charge in [-0.1, -0.05) is 6.07 Å². The van der Waals surface area contributed by atoms with Gasteiger partial charge in [-0.2, -0.15) is 0 Å². The molecule has 0 amide bonds. The summed E-state index contributed by atoms with van der Waals surface area (Å²) in [6.45, 7) is 4.27. The largest absolute Gasteiger partial charge is 0.384 e. The van der Waals surface area contributed by atoms with Crippen LogP contribution in [0, 0.1) is 5.92 Å². The number of benzene rings is 1. The van der Waals surface area contributed by atoms with Gasteiger partial charge < -0.3 is 10.1 Å². The number of fused-ring (bicyclic) bond motifs is 1. The molecule has 6 heteroatoms. The summed E-state index contributed by atoms with van der Waals surface area (Å²) in [5.74, 6) is 0.348. The number of rotatable bonds is 4. The van der Waals surface area contributed by atoms with Crippen molar-refractivity contribution in [2.75, 3.05) is 25.1 Å². The monoisotopic (exact) mass is 310 g/mol. The molecule has 1 aromatic rings. The Morgan fingerprint density at radius 2 is 2.10 bits per heavy atom. The van der Waals surface area contributed by atoms with Gasteiger partial charge in [0.15, 0.2) is 0 Å². The summed E-state index contributed by atoms with van der Waals surface area (Å²) < 4.78 is 33.2. The van der Waals surface area contributed by atoms with E-state index in [1.54, 1.807) is 12.1 Å². The Bertz CT molecular complexity index is 609. The first kappa shape index (κ1) is 14.8. The van der Waals surface area contributed by atoms with Crippen molar-refractivity contribution in [1.82, 2.24) is 4.72 Å². The third-order valence-electron chi connectivity index (χ3n) is 4.42. The van der Waals surface area contributed by atoms with E-state index >= 15 is 0 Å². The van der Waals surface area contributed by atoms with Crippen molar-refractivity contribution >= 4 is 15.7 Å². The Balaban J connectivity index is 1.74. The van der Waals surface area contributed by atoms with E-state index in [-0.39, 0.29) is 6.04 Å². The van der Waals surface area contributed by atoms with Crippen LogP contribution in [0.2, 0.25) is 0 Å². The van der Waals surface area contributed by atoms with Crippen LogP contribution in [0.15, 0.2) is 23.1 Å². The summed E-state index contributed by atoms with van der Waals surface area (Å²) in [5.41, 5.74) is 2.13. The number of hydrogen-bond acceptors (Lipinski definition) is 4. The van der Waals surface area contributed by atoms with Crippen LogP contribution in [0.25, 0.3) is 0 Å². The van der Waals surface area contributed by atoms with E-state index in [2.05, 4.69) is 10.0 Å². The van der Waals surface area contributed by atoms with E-state index in [0.29, 0.717) is 10.8 Å². The highest BCUT2D eigenvalue weighted by Gasteiger charge is 2.26. The maximum Gasteiger partial charge on any atom is 0.240 e. The molecular formula is C15H22N2O3S.